The van der Waals surface area contributed by atoms with Gasteiger partial charge < -0.3 is 5.32 Å². The number of aryl methyl sites for hydroxylation is 1. The van der Waals surface area contributed by atoms with Gasteiger partial charge in [0.2, 0.25) is 0 Å². The van der Waals surface area contributed by atoms with Crippen LogP contribution in [0.25, 0.3) is 10.6 Å². The molecule has 17 heavy (non-hydrogen) atoms. The van der Waals surface area contributed by atoms with E-state index in [1.165, 1.54) is 0 Å². The van der Waals surface area contributed by atoms with Crippen LogP contribution in [0.2, 0.25) is 0 Å². The second-order valence-corrected chi connectivity index (χ2v) is 4.76. The van der Waals surface area contributed by atoms with E-state index in [2.05, 4.69) is 34.6 Å². The molecule has 2 heterocycles. The Morgan fingerprint density at radius 2 is 2.29 bits per heavy atom. The first-order valence-electron chi connectivity index (χ1n) is 6.01. The van der Waals surface area contributed by atoms with E-state index >= 15 is 0 Å². The molecule has 0 aliphatic rings. The first-order chi connectivity index (χ1) is 8.33. The number of aromatic nitrogens is 3. The highest BCUT2D eigenvalue weighted by molar-refractivity contribution is 7.13. The SMILES string of the molecule is CCCNCc1csc(-c2cnn(CC)c2)n1. The summed E-state index contributed by atoms with van der Waals surface area (Å²) in [5.74, 6) is 0. The van der Waals surface area contributed by atoms with Crippen LogP contribution < -0.4 is 5.32 Å². The van der Waals surface area contributed by atoms with Crippen molar-refractivity contribution in [2.75, 3.05) is 6.54 Å². The minimum absolute atomic E-state index is 0.853. The summed E-state index contributed by atoms with van der Waals surface area (Å²) in [6, 6.07) is 0. The molecule has 0 unspecified atom stereocenters. The molecule has 4 nitrogen and oxygen atoms in total. The summed E-state index contributed by atoms with van der Waals surface area (Å²) in [7, 11) is 0. The third kappa shape index (κ3) is 3.14. The van der Waals surface area contributed by atoms with Crippen LogP contribution in [-0.2, 0) is 13.1 Å². The van der Waals surface area contributed by atoms with Crippen molar-refractivity contribution in [3.05, 3.63) is 23.5 Å². The molecule has 2 aromatic heterocycles. The van der Waals surface area contributed by atoms with Crippen LogP contribution in [0.5, 0.6) is 0 Å². The van der Waals surface area contributed by atoms with Gasteiger partial charge in [-0.25, -0.2) is 4.98 Å². The van der Waals surface area contributed by atoms with Crippen LogP contribution in [0, 0.1) is 0 Å². The standard InChI is InChI=1S/C12H18N4S/c1-3-5-13-7-11-9-17-12(15-11)10-6-14-16(4-2)8-10/h6,8-9,13H,3-5,7H2,1-2H3. The zero-order valence-corrected chi connectivity index (χ0v) is 11.1. The minimum Gasteiger partial charge on any atom is -0.311 e. The Morgan fingerprint density at radius 3 is 3.00 bits per heavy atom. The van der Waals surface area contributed by atoms with Crippen molar-refractivity contribution in [3.8, 4) is 10.6 Å². The van der Waals surface area contributed by atoms with Gasteiger partial charge in [0.05, 0.1) is 11.9 Å². The molecule has 0 bridgehead atoms. The molecule has 0 radical (unpaired) electrons. The van der Waals surface area contributed by atoms with Crippen molar-refractivity contribution >= 4 is 11.3 Å². The van der Waals surface area contributed by atoms with E-state index in [1.807, 2.05) is 17.1 Å². The van der Waals surface area contributed by atoms with Crippen molar-refractivity contribution < 1.29 is 0 Å². The van der Waals surface area contributed by atoms with Gasteiger partial charge in [0.1, 0.15) is 5.01 Å². The van der Waals surface area contributed by atoms with Gasteiger partial charge in [-0.05, 0) is 19.9 Å². The fraction of sp³-hybridized carbons (Fsp3) is 0.500. The number of nitrogens with one attached hydrogen (secondary N) is 1. The minimum atomic E-state index is 0.853. The average molecular weight is 250 g/mol. The lowest BCUT2D eigenvalue weighted by atomic mass is 10.4. The topological polar surface area (TPSA) is 42.7 Å². The Morgan fingerprint density at radius 1 is 1.41 bits per heavy atom. The summed E-state index contributed by atoms with van der Waals surface area (Å²) in [5.41, 5.74) is 2.22. The van der Waals surface area contributed by atoms with Crippen LogP contribution >= 0.6 is 11.3 Å². The molecule has 0 saturated heterocycles. The summed E-state index contributed by atoms with van der Waals surface area (Å²) < 4.78 is 1.92. The summed E-state index contributed by atoms with van der Waals surface area (Å²) in [4.78, 5) is 4.60. The Kier molecular flexibility index (Phi) is 4.28. The highest BCUT2D eigenvalue weighted by Gasteiger charge is 2.06. The fourth-order valence-corrected chi connectivity index (χ4v) is 2.36. The van der Waals surface area contributed by atoms with Gasteiger partial charge in [0, 0.05) is 30.2 Å². The third-order valence-electron chi connectivity index (χ3n) is 2.49. The fourth-order valence-electron chi connectivity index (χ4n) is 1.56. The van der Waals surface area contributed by atoms with Crippen molar-refractivity contribution in [2.45, 2.75) is 33.4 Å². The highest BCUT2D eigenvalue weighted by atomic mass is 32.1. The Bertz CT molecular complexity index is 461. The lowest BCUT2D eigenvalue weighted by molar-refractivity contribution is 0.660. The molecular formula is C12H18N4S. The summed E-state index contributed by atoms with van der Waals surface area (Å²) >= 11 is 1.68. The number of hydrogen-bond donors (Lipinski definition) is 1. The molecule has 2 aromatic rings. The van der Waals surface area contributed by atoms with Crippen molar-refractivity contribution in [3.63, 3.8) is 0 Å². The zero-order chi connectivity index (χ0) is 12.1. The average Bonchev–Trinajstić information content (AvgIpc) is 2.97. The molecule has 0 aliphatic carbocycles. The van der Waals surface area contributed by atoms with Gasteiger partial charge >= 0.3 is 0 Å². The smallest absolute Gasteiger partial charge is 0.126 e. The largest absolute Gasteiger partial charge is 0.311 e. The molecular weight excluding hydrogens is 232 g/mol. The molecule has 0 amide bonds. The Hall–Kier alpha value is -1.20. The maximum atomic E-state index is 4.60. The van der Waals surface area contributed by atoms with Gasteiger partial charge in [-0.3, -0.25) is 4.68 Å². The summed E-state index contributed by atoms with van der Waals surface area (Å²) in [6.45, 7) is 7.04. The van der Waals surface area contributed by atoms with Crippen molar-refractivity contribution in [2.24, 2.45) is 0 Å². The first-order valence-corrected chi connectivity index (χ1v) is 6.89. The van der Waals surface area contributed by atoms with Crippen molar-refractivity contribution in [1.82, 2.24) is 20.1 Å². The van der Waals surface area contributed by atoms with Gasteiger partial charge in [-0.15, -0.1) is 11.3 Å². The number of hydrogen-bond acceptors (Lipinski definition) is 4. The van der Waals surface area contributed by atoms with Crippen LogP contribution in [-0.4, -0.2) is 21.3 Å². The maximum absolute atomic E-state index is 4.60. The van der Waals surface area contributed by atoms with Gasteiger partial charge in [0.25, 0.3) is 0 Å². The van der Waals surface area contributed by atoms with Gasteiger partial charge in [0.15, 0.2) is 0 Å². The van der Waals surface area contributed by atoms with Crippen LogP contribution in [0.4, 0.5) is 0 Å². The molecule has 0 fully saturated rings. The predicted octanol–water partition coefficient (Wildman–Crippen LogP) is 2.53. The highest BCUT2D eigenvalue weighted by Crippen LogP contribution is 2.22. The van der Waals surface area contributed by atoms with Crippen LogP contribution in [0.1, 0.15) is 26.0 Å². The van der Waals surface area contributed by atoms with Crippen LogP contribution in [0.15, 0.2) is 17.8 Å². The van der Waals surface area contributed by atoms with Gasteiger partial charge in [-0.1, -0.05) is 6.92 Å². The monoisotopic (exact) mass is 250 g/mol. The molecule has 0 spiro atoms. The quantitative estimate of drug-likeness (QED) is 0.801. The number of nitrogens with zero attached hydrogens (tertiary/aromatic N) is 3. The molecule has 2 rings (SSSR count). The Labute approximate surface area is 106 Å². The zero-order valence-electron chi connectivity index (χ0n) is 10.3. The van der Waals surface area contributed by atoms with Gasteiger partial charge in [-0.2, -0.15) is 5.10 Å². The van der Waals surface area contributed by atoms with Crippen LogP contribution in [0.3, 0.4) is 0 Å². The Balaban J connectivity index is 2.02. The number of thiazole rings is 1. The van der Waals surface area contributed by atoms with E-state index in [9.17, 15) is 0 Å². The van der Waals surface area contributed by atoms with Crippen molar-refractivity contribution in [1.29, 1.82) is 0 Å². The van der Waals surface area contributed by atoms with E-state index in [0.29, 0.717) is 0 Å². The predicted molar refractivity (Wildman–Crippen MR) is 71.0 cm³/mol. The number of rotatable bonds is 6. The second-order valence-electron chi connectivity index (χ2n) is 3.91. The van der Waals surface area contributed by atoms with E-state index in [-0.39, 0.29) is 0 Å². The lowest BCUT2D eigenvalue weighted by Crippen LogP contribution is -2.13. The molecule has 1 N–H and O–H groups in total. The third-order valence-corrected chi connectivity index (χ3v) is 3.43. The van der Waals surface area contributed by atoms with E-state index in [1.54, 1.807) is 11.3 Å². The molecule has 0 aliphatic heterocycles. The first kappa shape index (κ1) is 12.3. The molecule has 5 heteroatoms. The van der Waals surface area contributed by atoms with E-state index < -0.39 is 0 Å². The molecule has 0 aromatic carbocycles. The maximum Gasteiger partial charge on any atom is 0.126 e. The van der Waals surface area contributed by atoms with E-state index in [0.717, 1.165) is 42.3 Å². The molecule has 0 saturated carbocycles. The normalized spacial score (nSPS) is 10.9. The second kappa shape index (κ2) is 5.93. The molecule has 92 valence electrons. The molecule has 0 atom stereocenters. The lowest BCUT2D eigenvalue weighted by Gasteiger charge is -1.97. The van der Waals surface area contributed by atoms with E-state index in [4.69, 9.17) is 0 Å². The summed E-state index contributed by atoms with van der Waals surface area (Å²) in [6.07, 6.45) is 5.08. The summed E-state index contributed by atoms with van der Waals surface area (Å²) in [5, 5.41) is 10.8.